The lowest BCUT2D eigenvalue weighted by molar-refractivity contribution is -0.121. The van der Waals surface area contributed by atoms with Gasteiger partial charge in [-0.15, -0.1) is 0 Å². The molecular formula is C14H20N2O3. The minimum absolute atomic E-state index is 0.0931. The van der Waals surface area contributed by atoms with Gasteiger partial charge in [-0.05, 0) is 33.0 Å². The molecule has 1 aliphatic heterocycles. The van der Waals surface area contributed by atoms with Gasteiger partial charge < -0.3 is 20.1 Å². The average molecular weight is 264 g/mol. The van der Waals surface area contributed by atoms with Crippen LogP contribution < -0.4 is 20.1 Å². The van der Waals surface area contributed by atoms with Crippen LogP contribution in [0.1, 0.15) is 20.3 Å². The molecule has 1 aromatic carbocycles. The van der Waals surface area contributed by atoms with Gasteiger partial charge in [0.25, 0.3) is 0 Å². The quantitative estimate of drug-likeness (QED) is 0.873. The van der Waals surface area contributed by atoms with Gasteiger partial charge in [0.15, 0.2) is 11.5 Å². The van der Waals surface area contributed by atoms with Gasteiger partial charge in [-0.3, -0.25) is 4.79 Å². The fraction of sp³-hybridized carbons (Fsp3) is 0.500. The van der Waals surface area contributed by atoms with Gasteiger partial charge in [0.2, 0.25) is 5.91 Å². The highest BCUT2D eigenvalue weighted by molar-refractivity contribution is 5.97. The topological polar surface area (TPSA) is 59.6 Å². The molecule has 0 saturated heterocycles. The molecule has 0 aliphatic carbocycles. The number of benzene rings is 1. The molecule has 0 bridgehead atoms. The third kappa shape index (κ3) is 3.17. The molecule has 5 heteroatoms. The van der Waals surface area contributed by atoms with Crippen LogP contribution in [0.2, 0.25) is 0 Å². The summed E-state index contributed by atoms with van der Waals surface area (Å²) in [5, 5.41) is 5.83. The van der Waals surface area contributed by atoms with Gasteiger partial charge in [0.05, 0.1) is 18.8 Å². The summed E-state index contributed by atoms with van der Waals surface area (Å²) in [6, 6.07) is 5.43. The van der Waals surface area contributed by atoms with Crippen LogP contribution in [0.25, 0.3) is 0 Å². The zero-order chi connectivity index (χ0) is 13.9. The van der Waals surface area contributed by atoms with Crippen LogP contribution in [0.4, 0.5) is 5.69 Å². The number of nitrogens with one attached hydrogen (secondary N) is 2. The van der Waals surface area contributed by atoms with Crippen molar-refractivity contribution in [2.45, 2.75) is 25.8 Å². The molecule has 0 radical (unpaired) electrons. The number of amides is 1. The predicted molar refractivity (Wildman–Crippen MR) is 73.8 cm³/mol. The lowest BCUT2D eigenvalue weighted by Gasteiger charge is -2.23. The van der Waals surface area contributed by atoms with Crippen molar-refractivity contribution >= 4 is 11.6 Å². The zero-order valence-corrected chi connectivity index (χ0v) is 11.6. The first-order valence-electron chi connectivity index (χ1n) is 6.43. The minimum Gasteiger partial charge on any atom is -0.490 e. The molecule has 0 atom stereocenters. The number of fused-ring (bicyclic) bond motifs is 1. The monoisotopic (exact) mass is 264 g/mol. The summed E-state index contributed by atoms with van der Waals surface area (Å²) in [7, 11) is 1.76. The predicted octanol–water partition coefficient (Wildman–Crippen LogP) is 1.78. The van der Waals surface area contributed by atoms with E-state index in [1.165, 1.54) is 0 Å². The highest BCUT2D eigenvalue weighted by Gasteiger charge is 2.25. The zero-order valence-electron chi connectivity index (χ0n) is 11.6. The molecule has 2 rings (SSSR count). The van der Waals surface area contributed by atoms with Crippen LogP contribution in [0.5, 0.6) is 11.5 Å². The van der Waals surface area contributed by atoms with E-state index >= 15 is 0 Å². The first-order chi connectivity index (χ1) is 9.03. The number of likely N-dealkylation sites (N-methyl/N-ethyl adjacent to an activating group) is 1. The van der Waals surface area contributed by atoms with E-state index in [4.69, 9.17) is 9.47 Å². The highest BCUT2D eigenvalue weighted by atomic mass is 16.5. The SMILES string of the molecule is CNC(C)(C)C(=O)Nc1ccc2c(c1)OCCCO2. The Bertz CT molecular complexity index is 472. The second-order valence-electron chi connectivity index (χ2n) is 5.04. The van der Waals surface area contributed by atoms with E-state index in [2.05, 4.69) is 10.6 Å². The second-order valence-corrected chi connectivity index (χ2v) is 5.04. The van der Waals surface area contributed by atoms with Crippen LogP contribution in [-0.2, 0) is 4.79 Å². The van der Waals surface area contributed by atoms with Crippen LogP contribution >= 0.6 is 0 Å². The maximum Gasteiger partial charge on any atom is 0.244 e. The largest absolute Gasteiger partial charge is 0.490 e. The summed E-state index contributed by atoms with van der Waals surface area (Å²) in [5.74, 6) is 1.31. The molecule has 2 N–H and O–H groups in total. The number of carbonyl (C=O) groups is 1. The van der Waals surface area contributed by atoms with E-state index in [0.717, 1.165) is 12.2 Å². The molecule has 5 nitrogen and oxygen atoms in total. The molecule has 19 heavy (non-hydrogen) atoms. The smallest absolute Gasteiger partial charge is 0.244 e. The van der Waals surface area contributed by atoms with Crippen molar-refractivity contribution in [2.75, 3.05) is 25.6 Å². The van der Waals surface area contributed by atoms with Crippen molar-refractivity contribution in [1.29, 1.82) is 0 Å². The van der Waals surface area contributed by atoms with Crippen molar-refractivity contribution in [1.82, 2.24) is 5.32 Å². The Balaban J connectivity index is 2.14. The Morgan fingerprint density at radius 3 is 2.58 bits per heavy atom. The van der Waals surface area contributed by atoms with Crippen molar-refractivity contribution in [2.24, 2.45) is 0 Å². The highest BCUT2D eigenvalue weighted by Crippen LogP contribution is 2.32. The Morgan fingerprint density at radius 1 is 1.21 bits per heavy atom. The number of carbonyl (C=O) groups excluding carboxylic acids is 1. The summed E-state index contributed by atoms with van der Waals surface area (Å²) < 4.78 is 11.1. The molecule has 0 aromatic heterocycles. The lowest BCUT2D eigenvalue weighted by atomic mass is 10.1. The molecule has 0 fully saturated rings. The van der Waals surface area contributed by atoms with E-state index in [0.29, 0.717) is 24.7 Å². The van der Waals surface area contributed by atoms with Gasteiger partial charge in [-0.2, -0.15) is 0 Å². The Kier molecular flexibility index (Phi) is 3.95. The Morgan fingerprint density at radius 2 is 1.89 bits per heavy atom. The van der Waals surface area contributed by atoms with Gasteiger partial charge in [-0.1, -0.05) is 0 Å². The van der Waals surface area contributed by atoms with Gasteiger partial charge >= 0.3 is 0 Å². The van der Waals surface area contributed by atoms with Crippen LogP contribution in [0, 0.1) is 0 Å². The molecule has 104 valence electrons. The van der Waals surface area contributed by atoms with Crippen molar-refractivity contribution in [3.8, 4) is 11.5 Å². The molecule has 0 saturated carbocycles. The third-order valence-corrected chi connectivity index (χ3v) is 3.20. The number of ether oxygens (including phenoxy) is 2. The number of hydrogen-bond acceptors (Lipinski definition) is 4. The first kappa shape index (κ1) is 13.7. The number of anilines is 1. The van der Waals surface area contributed by atoms with Crippen molar-refractivity contribution in [3.05, 3.63) is 18.2 Å². The third-order valence-electron chi connectivity index (χ3n) is 3.20. The van der Waals surface area contributed by atoms with E-state index in [-0.39, 0.29) is 5.91 Å². The van der Waals surface area contributed by atoms with Gasteiger partial charge in [0, 0.05) is 18.2 Å². The van der Waals surface area contributed by atoms with Crippen molar-refractivity contribution < 1.29 is 14.3 Å². The fourth-order valence-corrected chi connectivity index (χ4v) is 1.64. The summed E-state index contributed by atoms with van der Waals surface area (Å²) in [5.41, 5.74) is 0.0852. The maximum atomic E-state index is 12.1. The molecule has 1 aliphatic rings. The van der Waals surface area contributed by atoms with E-state index in [1.54, 1.807) is 13.1 Å². The fourth-order valence-electron chi connectivity index (χ4n) is 1.64. The maximum absolute atomic E-state index is 12.1. The first-order valence-corrected chi connectivity index (χ1v) is 6.43. The van der Waals surface area contributed by atoms with Crippen LogP contribution in [0.15, 0.2) is 18.2 Å². The summed E-state index contributed by atoms with van der Waals surface area (Å²) >= 11 is 0. The second kappa shape index (κ2) is 5.48. The van der Waals surface area contributed by atoms with E-state index < -0.39 is 5.54 Å². The number of rotatable bonds is 3. The standard InChI is InChI=1S/C14H20N2O3/c1-14(2,15-3)13(17)16-10-5-6-11-12(9-10)19-8-4-7-18-11/h5-6,9,15H,4,7-8H2,1-3H3,(H,16,17). The Hall–Kier alpha value is -1.75. The summed E-state index contributed by atoms with van der Waals surface area (Å²) in [6.07, 6.45) is 0.864. The lowest BCUT2D eigenvalue weighted by Crippen LogP contribution is -2.47. The molecule has 1 aromatic rings. The summed E-state index contributed by atoms with van der Waals surface area (Å²) in [6.45, 7) is 4.94. The summed E-state index contributed by atoms with van der Waals surface area (Å²) in [4.78, 5) is 12.1. The van der Waals surface area contributed by atoms with Crippen LogP contribution in [0.3, 0.4) is 0 Å². The Labute approximate surface area is 113 Å². The van der Waals surface area contributed by atoms with E-state index in [9.17, 15) is 4.79 Å². The molecule has 1 amide bonds. The normalized spacial score (nSPS) is 14.7. The molecule has 0 unspecified atom stereocenters. The van der Waals surface area contributed by atoms with Crippen LogP contribution in [-0.4, -0.2) is 31.7 Å². The molecule has 0 spiro atoms. The minimum atomic E-state index is -0.621. The molecule has 1 heterocycles. The number of hydrogen-bond donors (Lipinski definition) is 2. The van der Waals surface area contributed by atoms with E-state index in [1.807, 2.05) is 26.0 Å². The van der Waals surface area contributed by atoms with Gasteiger partial charge in [-0.25, -0.2) is 0 Å². The van der Waals surface area contributed by atoms with Crippen molar-refractivity contribution in [3.63, 3.8) is 0 Å². The molecular weight excluding hydrogens is 244 g/mol. The average Bonchev–Trinajstić information content (AvgIpc) is 2.63. The van der Waals surface area contributed by atoms with Gasteiger partial charge in [0.1, 0.15) is 0 Å².